The molecule has 0 aliphatic rings. The van der Waals surface area contributed by atoms with Crippen molar-refractivity contribution in [1.82, 2.24) is 14.8 Å². The van der Waals surface area contributed by atoms with Crippen LogP contribution in [0.25, 0.3) is 15.7 Å². The highest BCUT2D eigenvalue weighted by molar-refractivity contribution is 7.13. The van der Waals surface area contributed by atoms with Crippen molar-refractivity contribution >= 4 is 34.5 Å². The molecule has 3 rings (SSSR count). The topological polar surface area (TPSA) is 83.0 Å². The van der Waals surface area contributed by atoms with Crippen molar-refractivity contribution in [3.63, 3.8) is 0 Å². The van der Waals surface area contributed by atoms with Crippen molar-refractivity contribution in [3.8, 4) is 15.7 Å². The van der Waals surface area contributed by atoms with Crippen molar-refractivity contribution in [3.05, 3.63) is 34.7 Å². The summed E-state index contributed by atoms with van der Waals surface area (Å²) in [6, 6.07) is 5.72. The van der Waals surface area contributed by atoms with E-state index in [1.54, 1.807) is 29.7 Å². The van der Waals surface area contributed by atoms with Gasteiger partial charge in [-0.05, 0) is 18.4 Å². The molecule has 0 aliphatic carbocycles. The summed E-state index contributed by atoms with van der Waals surface area (Å²) >= 11 is 2.88. The molecule has 0 saturated carbocycles. The van der Waals surface area contributed by atoms with E-state index in [2.05, 4.69) is 10.1 Å². The van der Waals surface area contributed by atoms with Gasteiger partial charge in [-0.15, -0.1) is 22.7 Å². The number of esters is 1. The van der Waals surface area contributed by atoms with Gasteiger partial charge in [-0.25, -0.2) is 9.78 Å². The highest BCUT2D eigenvalue weighted by atomic mass is 32.1. The van der Waals surface area contributed by atoms with Crippen molar-refractivity contribution in [2.75, 3.05) is 12.3 Å². The summed E-state index contributed by atoms with van der Waals surface area (Å²) in [6.45, 7) is 2.07. The molecule has 3 heterocycles. The quantitative estimate of drug-likeness (QED) is 0.747. The number of aromatic nitrogens is 3. The molecule has 0 spiro atoms. The SMILES string of the molecule is CCOC(=O)c1csc(-n2nc(-c3cccs3)cc2N)n1. The van der Waals surface area contributed by atoms with Gasteiger partial charge in [-0.3, -0.25) is 0 Å². The van der Waals surface area contributed by atoms with E-state index < -0.39 is 5.97 Å². The normalized spacial score (nSPS) is 10.7. The molecule has 0 radical (unpaired) electrons. The third-order valence-corrected chi connectivity index (χ3v) is 4.38. The fourth-order valence-corrected chi connectivity index (χ4v) is 3.20. The number of thiazole rings is 1. The van der Waals surface area contributed by atoms with E-state index in [0.717, 1.165) is 10.6 Å². The predicted octanol–water partition coefficient (Wildman–Crippen LogP) is 2.82. The van der Waals surface area contributed by atoms with Crippen LogP contribution in [0.15, 0.2) is 29.0 Å². The number of thiophene rings is 1. The molecule has 0 aliphatic heterocycles. The minimum absolute atomic E-state index is 0.268. The first-order valence-electron chi connectivity index (χ1n) is 6.21. The van der Waals surface area contributed by atoms with Crippen LogP contribution in [0, 0.1) is 0 Å². The molecular formula is C13H12N4O2S2. The minimum Gasteiger partial charge on any atom is -0.461 e. The second-order valence-electron chi connectivity index (χ2n) is 4.08. The van der Waals surface area contributed by atoms with Crippen molar-refractivity contribution in [2.45, 2.75) is 6.92 Å². The van der Waals surface area contributed by atoms with Crippen molar-refractivity contribution < 1.29 is 9.53 Å². The number of anilines is 1. The average Bonchev–Trinajstić information content (AvgIpc) is 3.18. The van der Waals surface area contributed by atoms with Crippen LogP contribution in [-0.4, -0.2) is 27.3 Å². The van der Waals surface area contributed by atoms with Crippen LogP contribution in [0.1, 0.15) is 17.4 Å². The second kappa shape index (κ2) is 5.66. The van der Waals surface area contributed by atoms with E-state index in [4.69, 9.17) is 10.5 Å². The number of hydrogen-bond donors (Lipinski definition) is 1. The van der Waals surface area contributed by atoms with Gasteiger partial charge in [-0.2, -0.15) is 9.78 Å². The molecule has 0 saturated heterocycles. The second-order valence-corrected chi connectivity index (χ2v) is 5.86. The first-order chi connectivity index (χ1) is 10.2. The average molecular weight is 320 g/mol. The lowest BCUT2D eigenvalue weighted by Crippen LogP contribution is -2.06. The number of carbonyl (C=O) groups is 1. The number of hydrogen-bond acceptors (Lipinski definition) is 7. The molecule has 3 aromatic heterocycles. The van der Waals surface area contributed by atoms with Crippen molar-refractivity contribution in [2.24, 2.45) is 0 Å². The van der Waals surface area contributed by atoms with Crippen molar-refractivity contribution in [1.29, 1.82) is 0 Å². The summed E-state index contributed by atoms with van der Waals surface area (Å²) in [5, 5.41) is 8.60. The van der Waals surface area contributed by atoms with Gasteiger partial charge < -0.3 is 10.5 Å². The zero-order valence-electron chi connectivity index (χ0n) is 11.1. The zero-order chi connectivity index (χ0) is 14.8. The van der Waals surface area contributed by atoms with E-state index in [-0.39, 0.29) is 5.69 Å². The van der Waals surface area contributed by atoms with Crippen LogP contribution in [-0.2, 0) is 4.74 Å². The van der Waals surface area contributed by atoms with E-state index in [1.807, 2.05) is 17.5 Å². The van der Waals surface area contributed by atoms with Gasteiger partial charge in [0.25, 0.3) is 0 Å². The Morgan fingerprint density at radius 2 is 2.33 bits per heavy atom. The molecule has 3 aromatic rings. The molecule has 0 fully saturated rings. The van der Waals surface area contributed by atoms with Crippen LogP contribution in [0.5, 0.6) is 0 Å². The van der Waals surface area contributed by atoms with Gasteiger partial charge in [0, 0.05) is 11.4 Å². The van der Waals surface area contributed by atoms with E-state index in [0.29, 0.717) is 17.6 Å². The Labute approximate surface area is 128 Å². The maximum atomic E-state index is 11.6. The minimum atomic E-state index is -0.441. The first kappa shape index (κ1) is 13.8. The van der Waals surface area contributed by atoms with Crippen LogP contribution in [0.4, 0.5) is 5.82 Å². The molecule has 0 aromatic carbocycles. The lowest BCUT2D eigenvalue weighted by molar-refractivity contribution is 0.0520. The lowest BCUT2D eigenvalue weighted by Gasteiger charge is -1.98. The third kappa shape index (κ3) is 2.67. The highest BCUT2D eigenvalue weighted by Gasteiger charge is 2.16. The maximum Gasteiger partial charge on any atom is 0.357 e. The number of rotatable bonds is 4. The largest absolute Gasteiger partial charge is 0.461 e. The van der Waals surface area contributed by atoms with E-state index in [9.17, 15) is 4.79 Å². The summed E-state index contributed by atoms with van der Waals surface area (Å²) in [5.74, 6) is 0.0346. The standard InChI is InChI=1S/C13H12N4O2S2/c1-2-19-12(18)9-7-21-13(15-9)17-11(14)6-8(16-17)10-4-3-5-20-10/h3-7H,2,14H2,1H3. The van der Waals surface area contributed by atoms with Gasteiger partial charge in [-0.1, -0.05) is 6.07 Å². The lowest BCUT2D eigenvalue weighted by atomic mass is 10.3. The number of carbonyl (C=O) groups excluding carboxylic acids is 1. The monoisotopic (exact) mass is 320 g/mol. The van der Waals surface area contributed by atoms with Crippen LogP contribution in [0.2, 0.25) is 0 Å². The van der Waals surface area contributed by atoms with Gasteiger partial charge in [0.2, 0.25) is 5.13 Å². The molecule has 6 nitrogen and oxygen atoms in total. The summed E-state index contributed by atoms with van der Waals surface area (Å²) < 4.78 is 6.45. The highest BCUT2D eigenvalue weighted by Crippen LogP contribution is 2.27. The van der Waals surface area contributed by atoms with Gasteiger partial charge >= 0.3 is 5.97 Å². The fourth-order valence-electron chi connectivity index (χ4n) is 1.75. The molecule has 0 bridgehead atoms. The Bertz CT molecular complexity index is 761. The Morgan fingerprint density at radius 3 is 3.05 bits per heavy atom. The van der Waals surface area contributed by atoms with Crippen LogP contribution < -0.4 is 5.73 Å². The summed E-state index contributed by atoms with van der Waals surface area (Å²) in [6.07, 6.45) is 0. The van der Waals surface area contributed by atoms with Gasteiger partial charge in [0.05, 0.1) is 11.5 Å². The molecule has 2 N–H and O–H groups in total. The molecule has 108 valence electrons. The number of nitrogens with two attached hydrogens (primary N) is 1. The Hall–Kier alpha value is -2.19. The van der Waals surface area contributed by atoms with Crippen LogP contribution in [0.3, 0.4) is 0 Å². The first-order valence-corrected chi connectivity index (χ1v) is 7.97. The molecule has 0 amide bonds. The molecule has 21 heavy (non-hydrogen) atoms. The molecule has 0 unspecified atom stereocenters. The molecule has 0 atom stereocenters. The van der Waals surface area contributed by atoms with E-state index in [1.165, 1.54) is 16.0 Å². The Kier molecular flexibility index (Phi) is 3.72. The number of nitrogen functional groups attached to an aromatic ring is 1. The smallest absolute Gasteiger partial charge is 0.357 e. The maximum absolute atomic E-state index is 11.6. The summed E-state index contributed by atoms with van der Waals surface area (Å²) in [4.78, 5) is 16.9. The predicted molar refractivity (Wildman–Crippen MR) is 82.9 cm³/mol. The van der Waals surface area contributed by atoms with Gasteiger partial charge in [0.1, 0.15) is 11.5 Å². The number of nitrogens with zero attached hydrogens (tertiary/aromatic N) is 3. The number of ether oxygens (including phenoxy) is 1. The molecular weight excluding hydrogens is 308 g/mol. The third-order valence-electron chi connectivity index (χ3n) is 2.67. The Morgan fingerprint density at radius 1 is 1.48 bits per heavy atom. The fraction of sp³-hybridized carbons (Fsp3) is 0.154. The summed E-state index contributed by atoms with van der Waals surface area (Å²) in [7, 11) is 0. The molecule has 8 heteroatoms. The zero-order valence-corrected chi connectivity index (χ0v) is 12.8. The van der Waals surface area contributed by atoms with Gasteiger partial charge in [0.15, 0.2) is 5.69 Å². The Balaban J connectivity index is 1.92. The summed E-state index contributed by atoms with van der Waals surface area (Å²) in [5.41, 5.74) is 7.03. The van der Waals surface area contributed by atoms with Crippen LogP contribution >= 0.6 is 22.7 Å². The van der Waals surface area contributed by atoms with E-state index >= 15 is 0 Å².